The normalized spacial score (nSPS) is 16.8. The number of halogens is 3. The zero-order valence-electron chi connectivity index (χ0n) is 27.2. The number of hydrogen-bond acceptors (Lipinski definition) is 5. The average Bonchev–Trinajstić information content (AvgIpc) is 3.42. The molecule has 0 radical (unpaired) electrons. The lowest BCUT2D eigenvalue weighted by molar-refractivity contribution is -0.192. The lowest BCUT2D eigenvalue weighted by Gasteiger charge is -2.42. The second-order valence-corrected chi connectivity index (χ2v) is 13.2. The summed E-state index contributed by atoms with van der Waals surface area (Å²) in [6.45, 7) is 17.2. The minimum atomic E-state index is -5.08. The van der Waals surface area contributed by atoms with Crippen molar-refractivity contribution in [3.63, 3.8) is 0 Å². The van der Waals surface area contributed by atoms with Crippen molar-refractivity contribution >= 4 is 23.8 Å². The van der Waals surface area contributed by atoms with Gasteiger partial charge in [-0.05, 0) is 49.8 Å². The van der Waals surface area contributed by atoms with E-state index in [-0.39, 0.29) is 23.3 Å². The van der Waals surface area contributed by atoms with Crippen LogP contribution in [0.1, 0.15) is 73.8 Å². The Morgan fingerprint density at radius 2 is 1.43 bits per heavy atom. The van der Waals surface area contributed by atoms with Crippen LogP contribution in [0.5, 0.6) is 0 Å². The lowest BCUT2D eigenvalue weighted by Crippen LogP contribution is -2.62. The summed E-state index contributed by atoms with van der Waals surface area (Å²) in [5.74, 6) is -4.16. The van der Waals surface area contributed by atoms with E-state index >= 15 is 0 Å². The summed E-state index contributed by atoms with van der Waals surface area (Å²) in [5, 5.41) is 19.7. The molecule has 3 N–H and O–H groups in total. The fourth-order valence-electron chi connectivity index (χ4n) is 5.27. The minimum Gasteiger partial charge on any atom is -0.478 e. The fourth-order valence-corrected chi connectivity index (χ4v) is 5.27. The number of amides is 2. The van der Waals surface area contributed by atoms with Crippen molar-refractivity contribution in [3.8, 4) is 0 Å². The van der Waals surface area contributed by atoms with E-state index < -0.39 is 47.1 Å². The van der Waals surface area contributed by atoms with Gasteiger partial charge in [0, 0.05) is 18.0 Å². The number of carbonyl (C=O) groups is 4. The molecule has 44 heavy (non-hydrogen) atoms. The van der Waals surface area contributed by atoms with Crippen molar-refractivity contribution < 1.29 is 42.6 Å². The molecular formula is C32H48F3N3O6. The molecule has 1 saturated heterocycles. The van der Waals surface area contributed by atoms with Crippen LogP contribution < -0.4 is 5.32 Å². The van der Waals surface area contributed by atoms with Gasteiger partial charge in [0.1, 0.15) is 6.04 Å². The number of likely N-dealkylation sites (tertiary alicyclic amines) is 1. The zero-order chi connectivity index (χ0) is 34.2. The molecule has 0 unspecified atom stereocenters. The molecule has 2 rings (SSSR count). The van der Waals surface area contributed by atoms with Gasteiger partial charge >= 0.3 is 18.1 Å². The Kier molecular flexibility index (Phi) is 13.6. The third-order valence-corrected chi connectivity index (χ3v) is 7.83. The maximum absolute atomic E-state index is 14.1. The Balaban J connectivity index is 0.00000123. The highest BCUT2D eigenvalue weighted by atomic mass is 19.4. The molecule has 1 aromatic carbocycles. The molecule has 1 aliphatic rings. The van der Waals surface area contributed by atoms with Gasteiger partial charge in [0.15, 0.2) is 0 Å². The molecule has 1 fully saturated rings. The third kappa shape index (κ3) is 10.6. The van der Waals surface area contributed by atoms with Crippen LogP contribution in [0.25, 0.3) is 0 Å². The molecule has 0 spiro atoms. The second kappa shape index (κ2) is 15.5. The number of nitrogens with zero attached hydrogens (tertiary/aromatic N) is 2. The number of rotatable bonds is 10. The molecule has 1 heterocycles. The summed E-state index contributed by atoms with van der Waals surface area (Å²) in [6, 6.07) is 8.44. The summed E-state index contributed by atoms with van der Waals surface area (Å²) >= 11 is 0. The molecule has 0 bridgehead atoms. The topological polar surface area (TPSA) is 127 Å². The number of benzene rings is 1. The summed E-state index contributed by atoms with van der Waals surface area (Å²) in [6.07, 6.45) is -1.37. The molecule has 0 aliphatic carbocycles. The van der Waals surface area contributed by atoms with Crippen LogP contribution in [0.3, 0.4) is 0 Å². The van der Waals surface area contributed by atoms with E-state index in [2.05, 4.69) is 36.2 Å². The maximum Gasteiger partial charge on any atom is 0.490 e. The monoisotopic (exact) mass is 627 g/mol. The number of nitrogens with one attached hydrogen (secondary N) is 1. The predicted molar refractivity (Wildman–Crippen MR) is 162 cm³/mol. The van der Waals surface area contributed by atoms with E-state index in [0.29, 0.717) is 0 Å². The molecule has 0 saturated carbocycles. The van der Waals surface area contributed by atoms with Crippen LogP contribution in [-0.2, 0) is 24.6 Å². The van der Waals surface area contributed by atoms with Gasteiger partial charge in [0.25, 0.3) is 0 Å². The number of alkyl halides is 3. The Labute approximate surface area is 258 Å². The SMILES string of the molecule is C/C(=C\[C@H](C(C)C)N(C)C(=O)[C@@H](NC(=O)[C@@H](N1CCCC1)C(C)(C)c1ccccc1)C(C)(C)C)C(=O)O.O=C(O)C(F)(F)F. The summed E-state index contributed by atoms with van der Waals surface area (Å²) < 4.78 is 31.7. The number of carbonyl (C=O) groups excluding carboxylic acids is 2. The first-order valence-electron chi connectivity index (χ1n) is 14.6. The van der Waals surface area contributed by atoms with Gasteiger partial charge in [-0.2, -0.15) is 13.2 Å². The molecule has 1 aliphatic heterocycles. The zero-order valence-corrected chi connectivity index (χ0v) is 27.2. The Morgan fingerprint density at radius 3 is 1.82 bits per heavy atom. The third-order valence-electron chi connectivity index (χ3n) is 7.83. The van der Waals surface area contributed by atoms with Gasteiger partial charge in [-0.25, -0.2) is 9.59 Å². The quantitative estimate of drug-likeness (QED) is 0.308. The highest BCUT2D eigenvalue weighted by molar-refractivity contribution is 5.91. The van der Waals surface area contributed by atoms with E-state index in [4.69, 9.17) is 9.90 Å². The molecule has 0 aromatic heterocycles. The molecular weight excluding hydrogens is 579 g/mol. The van der Waals surface area contributed by atoms with E-state index in [1.807, 2.05) is 52.8 Å². The number of aliphatic carboxylic acids is 2. The minimum absolute atomic E-state index is 0.00562. The standard InChI is InChI=1S/C30H47N3O4.C2HF3O2/c1-20(2)23(19-21(3)28(36)37)32(9)27(35)24(29(4,5)6)31-26(34)25(33-17-13-14-18-33)30(7,8)22-15-11-10-12-16-22;3-2(4,5)1(6)7/h10-12,15-16,19-20,23-25H,13-14,17-18H2,1-9H3,(H,31,34)(H,36,37);(H,6,7)/b21-19+;/t23-,24-,25-;/m1./s1. The Morgan fingerprint density at radius 1 is 0.955 bits per heavy atom. The first-order chi connectivity index (χ1) is 20.0. The van der Waals surface area contributed by atoms with Crippen LogP contribution in [0.2, 0.25) is 0 Å². The van der Waals surface area contributed by atoms with Gasteiger partial charge in [-0.3, -0.25) is 14.5 Å². The number of hydrogen-bond donors (Lipinski definition) is 3. The van der Waals surface area contributed by atoms with Gasteiger partial charge in [0.05, 0.1) is 12.1 Å². The molecule has 1 aromatic rings. The average molecular weight is 628 g/mol. The van der Waals surface area contributed by atoms with E-state index in [9.17, 15) is 32.7 Å². The molecule has 248 valence electrons. The van der Waals surface area contributed by atoms with Crippen LogP contribution in [0.15, 0.2) is 42.0 Å². The number of carboxylic acids is 2. The highest BCUT2D eigenvalue weighted by Crippen LogP contribution is 2.33. The van der Waals surface area contributed by atoms with Gasteiger partial charge in [0.2, 0.25) is 11.8 Å². The molecule has 2 amide bonds. The fraction of sp³-hybridized carbons (Fsp3) is 0.625. The predicted octanol–water partition coefficient (Wildman–Crippen LogP) is 5.11. The van der Waals surface area contributed by atoms with Gasteiger partial charge < -0.3 is 20.4 Å². The van der Waals surface area contributed by atoms with Crippen molar-refractivity contribution in [2.24, 2.45) is 11.3 Å². The van der Waals surface area contributed by atoms with Crippen LogP contribution in [0.4, 0.5) is 13.2 Å². The first-order valence-corrected chi connectivity index (χ1v) is 14.6. The van der Waals surface area contributed by atoms with E-state index in [0.717, 1.165) is 31.5 Å². The van der Waals surface area contributed by atoms with Crippen LogP contribution >= 0.6 is 0 Å². The highest BCUT2D eigenvalue weighted by Gasteiger charge is 2.45. The van der Waals surface area contributed by atoms with Crippen molar-refractivity contribution in [1.82, 2.24) is 15.1 Å². The number of carboxylic acid groups (broad SMARTS) is 2. The summed E-state index contributed by atoms with van der Waals surface area (Å²) in [7, 11) is 1.69. The summed E-state index contributed by atoms with van der Waals surface area (Å²) in [4.78, 5) is 52.2. The summed E-state index contributed by atoms with van der Waals surface area (Å²) in [5.41, 5.74) is 0.232. The van der Waals surface area contributed by atoms with Crippen LogP contribution in [-0.4, -0.2) is 88.2 Å². The number of likely N-dealkylation sites (N-methyl/N-ethyl adjacent to an activating group) is 1. The first kappa shape index (κ1) is 38.6. The molecule has 9 nitrogen and oxygen atoms in total. The Bertz CT molecular complexity index is 1170. The van der Waals surface area contributed by atoms with Crippen molar-refractivity contribution in [1.29, 1.82) is 0 Å². The molecule has 3 atom stereocenters. The maximum atomic E-state index is 14.1. The van der Waals surface area contributed by atoms with Gasteiger partial charge in [-0.15, -0.1) is 0 Å². The van der Waals surface area contributed by atoms with E-state index in [1.165, 1.54) is 6.92 Å². The van der Waals surface area contributed by atoms with Crippen LogP contribution in [0, 0.1) is 11.3 Å². The van der Waals surface area contributed by atoms with E-state index in [1.54, 1.807) is 18.0 Å². The Hall–Kier alpha value is -3.41. The smallest absolute Gasteiger partial charge is 0.478 e. The van der Waals surface area contributed by atoms with Crippen molar-refractivity contribution in [2.75, 3.05) is 20.1 Å². The van der Waals surface area contributed by atoms with Gasteiger partial charge in [-0.1, -0.05) is 84.9 Å². The second-order valence-electron chi connectivity index (χ2n) is 13.2. The van der Waals surface area contributed by atoms with Crippen molar-refractivity contribution in [2.45, 2.75) is 97.9 Å². The molecule has 12 heteroatoms. The largest absolute Gasteiger partial charge is 0.490 e. The van der Waals surface area contributed by atoms with Crippen molar-refractivity contribution in [3.05, 3.63) is 47.5 Å². The lowest BCUT2D eigenvalue weighted by atomic mass is 9.76.